The second-order valence-corrected chi connectivity index (χ2v) is 5.92. The van der Waals surface area contributed by atoms with Crippen molar-refractivity contribution < 1.29 is 0 Å². The lowest BCUT2D eigenvalue weighted by molar-refractivity contribution is 0.975. The Hall–Kier alpha value is -2.13. The van der Waals surface area contributed by atoms with Crippen LogP contribution in [-0.4, -0.2) is 16.5 Å². The second-order valence-electron chi connectivity index (χ2n) is 4.72. The molecule has 0 amide bonds. The van der Waals surface area contributed by atoms with Crippen LogP contribution in [0.3, 0.4) is 0 Å². The van der Waals surface area contributed by atoms with Crippen molar-refractivity contribution in [2.75, 3.05) is 11.9 Å². The van der Waals surface area contributed by atoms with Crippen molar-refractivity contribution in [1.82, 2.24) is 9.97 Å². The lowest BCUT2D eigenvalue weighted by Crippen LogP contribution is -2.13. The molecule has 0 saturated heterocycles. The fourth-order valence-electron chi connectivity index (χ4n) is 2.10. The zero-order chi connectivity index (χ0) is 15.4. The Morgan fingerprint density at radius 1 is 1.48 bits per heavy atom. The summed E-state index contributed by atoms with van der Waals surface area (Å²) >= 11 is 1.59. The zero-order valence-electron chi connectivity index (χ0n) is 12.4. The number of aromatic amines is 1. The van der Waals surface area contributed by atoms with E-state index in [2.05, 4.69) is 22.2 Å². The third-order valence-corrected chi connectivity index (χ3v) is 4.10. The number of H-pyrrole nitrogens is 1. The van der Waals surface area contributed by atoms with Gasteiger partial charge in [0.15, 0.2) is 5.13 Å². The first-order chi connectivity index (χ1) is 10.1. The highest BCUT2D eigenvalue weighted by molar-refractivity contribution is 7.16. The predicted octanol–water partition coefficient (Wildman–Crippen LogP) is 3.06. The third kappa shape index (κ3) is 3.14. The molecule has 0 aromatic carbocycles. The first-order valence-corrected chi connectivity index (χ1v) is 7.80. The molecule has 2 aromatic rings. The lowest BCUT2D eigenvalue weighted by atomic mass is 10.1. The van der Waals surface area contributed by atoms with Gasteiger partial charge in [-0.15, -0.1) is 11.3 Å². The van der Waals surface area contributed by atoms with Gasteiger partial charge >= 0.3 is 0 Å². The number of pyridine rings is 1. The van der Waals surface area contributed by atoms with Crippen LogP contribution in [0.4, 0.5) is 5.13 Å². The van der Waals surface area contributed by atoms with E-state index in [9.17, 15) is 4.79 Å². The van der Waals surface area contributed by atoms with E-state index in [-0.39, 0.29) is 11.1 Å². The van der Waals surface area contributed by atoms with Crippen LogP contribution in [0.25, 0.3) is 11.3 Å². The van der Waals surface area contributed by atoms with Gasteiger partial charge in [0.05, 0.1) is 5.69 Å². The highest BCUT2D eigenvalue weighted by Crippen LogP contribution is 2.32. The minimum atomic E-state index is -0.338. The molecule has 0 atom stereocenters. The van der Waals surface area contributed by atoms with Crippen LogP contribution in [0.2, 0.25) is 0 Å². The van der Waals surface area contributed by atoms with Gasteiger partial charge in [-0.2, -0.15) is 5.26 Å². The van der Waals surface area contributed by atoms with Crippen molar-refractivity contribution in [1.29, 1.82) is 5.26 Å². The molecule has 6 heteroatoms. The summed E-state index contributed by atoms with van der Waals surface area (Å²) < 4.78 is 0. The van der Waals surface area contributed by atoms with Gasteiger partial charge in [-0.25, -0.2) is 4.98 Å². The number of aryl methyl sites for hydroxylation is 2. The van der Waals surface area contributed by atoms with Crippen LogP contribution in [0.1, 0.15) is 36.4 Å². The van der Waals surface area contributed by atoms with E-state index in [1.54, 1.807) is 17.4 Å². The SMILES string of the molecule is CCCNc1nc(-c2cc(C#N)c(=O)[nH]c2CC)c(C)s1. The van der Waals surface area contributed by atoms with E-state index < -0.39 is 0 Å². The van der Waals surface area contributed by atoms with Gasteiger partial charge in [0.2, 0.25) is 0 Å². The molecule has 2 heterocycles. The van der Waals surface area contributed by atoms with Crippen LogP contribution < -0.4 is 10.9 Å². The Balaban J connectivity index is 2.53. The van der Waals surface area contributed by atoms with Crippen LogP contribution in [-0.2, 0) is 6.42 Å². The minimum Gasteiger partial charge on any atom is -0.362 e. The molecule has 5 nitrogen and oxygen atoms in total. The summed E-state index contributed by atoms with van der Waals surface area (Å²) in [7, 11) is 0. The molecular weight excluding hydrogens is 284 g/mol. The Kier molecular flexibility index (Phi) is 4.76. The number of hydrogen-bond acceptors (Lipinski definition) is 5. The van der Waals surface area contributed by atoms with Crippen LogP contribution in [0, 0.1) is 18.3 Å². The lowest BCUT2D eigenvalue weighted by Gasteiger charge is -2.06. The van der Waals surface area contributed by atoms with Gasteiger partial charge in [-0.3, -0.25) is 4.79 Å². The number of nitriles is 1. The Bertz CT molecular complexity index is 739. The number of anilines is 1. The number of rotatable bonds is 5. The molecule has 0 saturated carbocycles. The maximum absolute atomic E-state index is 11.7. The first kappa shape index (κ1) is 15.3. The van der Waals surface area contributed by atoms with E-state index in [0.717, 1.165) is 39.9 Å². The van der Waals surface area contributed by atoms with Gasteiger partial charge in [0.25, 0.3) is 5.56 Å². The number of hydrogen-bond donors (Lipinski definition) is 2. The van der Waals surface area contributed by atoms with Crippen LogP contribution in [0.15, 0.2) is 10.9 Å². The molecule has 21 heavy (non-hydrogen) atoms. The van der Waals surface area contributed by atoms with Gasteiger partial charge in [0.1, 0.15) is 11.6 Å². The Morgan fingerprint density at radius 2 is 2.24 bits per heavy atom. The monoisotopic (exact) mass is 302 g/mol. The number of aromatic nitrogens is 2. The molecule has 0 fully saturated rings. The van der Waals surface area contributed by atoms with Crippen molar-refractivity contribution in [3.05, 3.63) is 32.6 Å². The molecule has 0 spiro atoms. The normalized spacial score (nSPS) is 10.4. The molecule has 0 aliphatic carbocycles. The summed E-state index contributed by atoms with van der Waals surface area (Å²) in [6.07, 6.45) is 1.72. The molecule has 0 unspecified atom stereocenters. The number of thiazole rings is 1. The zero-order valence-corrected chi connectivity index (χ0v) is 13.2. The van der Waals surface area contributed by atoms with Crippen molar-refractivity contribution in [2.24, 2.45) is 0 Å². The van der Waals surface area contributed by atoms with E-state index in [0.29, 0.717) is 6.42 Å². The summed E-state index contributed by atoms with van der Waals surface area (Å²) in [6.45, 7) is 6.95. The molecule has 2 N–H and O–H groups in total. The van der Waals surface area contributed by atoms with E-state index >= 15 is 0 Å². The van der Waals surface area contributed by atoms with Crippen molar-refractivity contribution >= 4 is 16.5 Å². The summed E-state index contributed by atoms with van der Waals surface area (Å²) in [6, 6.07) is 3.58. The molecule has 0 aliphatic rings. The third-order valence-electron chi connectivity index (χ3n) is 3.17. The Morgan fingerprint density at radius 3 is 2.86 bits per heavy atom. The highest BCUT2D eigenvalue weighted by atomic mass is 32.1. The number of nitrogens with zero attached hydrogens (tertiary/aromatic N) is 2. The molecule has 0 radical (unpaired) electrons. The van der Waals surface area contributed by atoms with Crippen LogP contribution >= 0.6 is 11.3 Å². The van der Waals surface area contributed by atoms with Gasteiger partial charge in [-0.05, 0) is 25.8 Å². The number of nitrogens with one attached hydrogen (secondary N) is 2. The molecule has 0 aliphatic heterocycles. The smallest absolute Gasteiger partial charge is 0.266 e. The van der Waals surface area contributed by atoms with Gasteiger partial charge < -0.3 is 10.3 Å². The fraction of sp³-hybridized carbons (Fsp3) is 0.400. The first-order valence-electron chi connectivity index (χ1n) is 6.98. The van der Waals surface area contributed by atoms with Crippen molar-refractivity contribution in [2.45, 2.75) is 33.6 Å². The molecular formula is C15H18N4OS. The summed E-state index contributed by atoms with van der Waals surface area (Å²) in [5, 5.41) is 13.2. The van der Waals surface area contributed by atoms with Crippen molar-refractivity contribution in [3.8, 4) is 17.3 Å². The van der Waals surface area contributed by atoms with E-state index in [1.807, 2.05) is 19.9 Å². The fourth-order valence-corrected chi connectivity index (χ4v) is 2.95. The maximum Gasteiger partial charge on any atom is 0.266 e. The average Bonchev–Trinajstić information content (AvgIpc) is 2.85. The summed E-state index contributed by atoms with van der Waals surface area (Å²) in [5.41, 5.74) is 2.28. The highest BCUT2D eigenvalue weighted by Gasteiger charge is 2.15. The standard InChI is InChI=1S/C15H18N4OS/c1-4-6-17-15-19-13(9(3)21-15)11-7-10(8-16)14(20)18-12(11)5-2/h7H,4-6H2,1-3H3,(H,17,19)(H,18,20). The van der Waals surface area contributed by atoms with Gasteiger partial charge in [-0.1, -0.05) is 13.8 Å². The largest absolute Gasteiger partial charge is 0.362 e. The molecule has 110 valence electrons. The predicted molar refractivity (Wildman–Crippen MR) is 85.8 cm³/mol. The van der Waals surface area contributed by atoms with Gasteiger partial charge in [0, 0.05) is 22.7 Å². The van der Waals surface area contributed by atoms with Crippen molar-refractivity contribution in [3.63, 3.8) is 0 Å². The summed E-state index contributed by atoms with van der Waals surface area (Å²) in [5.74, 6) is 0. The van der Waals surface area contributed by atoms with E-state index in [4.69, 9.17) is 5.26 Å². The quantitative estimate of drug-likeness (QED) is 0.889. The summed E-state index contributed by atoms with van der Waals surface area (Å²) in [4.78, 5) is 20.2. The molecule has 0 bridgehead atoms. The molecule has 2 aromatic heterocycles. The van der Waals surface area contributed by atoms with Crippen LogP contribution in [0.5, 0.6) is 0 Å². The van der Waals surface area contributed by atoms with E-state index in [1.165, 1.54) is 0 Å². The minimum absolute atomic E-state index is 0.123. The molecule has 2 rings (SSSR count). The topological polar surface area (TPSA) is 81.6 Å². The second kappa shape index (κ2) is 6.55. The maximum atomic E-state index is 11.7. The Labute approximate surface area is 127 Å². The average molecular weight is 302 g/mol.